The lowest BCUT2D eigenvalue weighted by Crippen LogP contribution is -2.02. The molecule has 2 heterocycles. The molecule has 6 heteroatoms. The predicted molar refractivity (Wildman–Crippen MR) is 46.3 cm³/mol. The molecule has 2 aromatic heterocycles. The van der Waals surface area contributed by atoms with E-state index in [1.165, 1.54) is 18.3 Å². The molecule has 2 rings (SSSR count). The Morgan fingerprint density at radius 2 is 2.00 bits per heavy atom. The summed E-state index contributed by atoms with van der Waals surface area (Å²) in [7, 11) is 0. The summed E-state index contributed by atoms with van der Waals surface area (Å²) in [5.74, 6) is 0. The first-order valence-corrected chi connectivity index (χ1v) is 3.51. The van der Waals surface area contributed by atoms with E-state index in [-0.39, 0.29) is 11.1 Å². The van der Waals surface area contributed by atoms with E-state index in [1.807, 2.05) is 0 Å². The molecule has 0 unspecified atom stereocenters. The van der Waals surface area contributed by atoms with Crippen molar-refractivity contribution in [2.45, 2.75) is 0 Å². The zero-order valence-electron chi connectivity index (χ0n) is 6.65. The average Bonchev–Trinajstić information content (AvgIpc) is 2.58. The molecule has 6 nitrogen and oxygen atoms in total. The first-order valence-electron chi connectivity index (χ1n) is 3.51. The van der Waals surface area contributed by atoms with Gasteiger partial charge in [-0.25, -0.2) is 5.10 Å². The lowest BCUT2D eigenvalue weighted by atomic mass is 10.6. The number of hydrogen-bond acceptors (Lipinski definition) is 3. The summed E-state index contributed by atoms with van der Waals surface area (Å²) < 4.78 is 0. The van der Waals surface area contributed by atoms with Crippen LogP contribution in [-0.4, -0.2) is 20.4 Å². The standard InChI is InChI=1S/C4H4N2O.C3H4N2O/c7-4-2-1-3-5-6-4;6-3-1-2-4-5-3/h1-3H,(H,6,7);1-2H,(H2,4,5,6). The van der Waals surface area contributed by atoms with E-state index in [4.69, 9.17) is 0 Å². The lowest BCUT2D eigenvalue weighted by molar-refractivity contribution is 0.988. The molecule has 0 saturated carbocycles. The Morgan fingerprint density at radius 1 is 1.15 bits per heavy atom. The largest absolute Gasteiger partial charge is 0.305 e. The smallest absolute Gasteiger partial charge is 0.264 e. The van der Waals surface area contributed by atoms with Crippen LogP contribution in [0.25, 0.3) is 0 Å². The fourth-order valence-electron chi connectivity index (χ4n) is 0.583. The molecule has 0 aliphatic heterocycles. The molecule has 0 atom stereocenters. The molecule has 68 valence electrons. The molecule has 3 N–H and O–H groups in total. The number of rotatable bonds is 0. The number of aromatic nitrogens is 4. The monoisotopic (exact) mass is 180 g/mol. The highest BCUT2D eigenvalue weighted by molar-refractivity contribution is 4.81. The maximum absolute atomic E-state index is 10.2. The van der Waals surface area contributed by atoms with Gasteiger partial charge in [0.05, 0.1) is 0 Å². The Hall–Kier alpha value is -2.11. The molecular formula is C7H8N4O2. The van der Waals surface area contributed by atoms with Gasteiger partial charge in [-0.2, -0.15) is 5.10 Å². The SMILES string of the molecule is O=c1cc[nH][nH]1.O=c1cccn[nH]1. The minimum atomic E-state index is -0.164. The second kappa shape index (κ2) is 4.70. The van der Waals surface area contributed by atoms with Gasteiger partial charge >= 0.3 is 0 Å². The van der Waals surface area contributed by atoms with E-state index in [2.05, 4.69) is 20.4 Å². The van der Waals surface area contributed by atoms with Crippen molar-refractivity contribution < 1.29 is 0 Å². The first kappa shape index (κ1) is 8.98. The highest BCUT2D eigenvalue weighted by atomic mass is 16.1. The fourth-order valence-corrected chi connectivity index (χ4v) is 0.583. The van der Waals surface area contributed by atoms with E-state index >= 15 is 0 Å². The summed E-state index contributed by atoms with van der Waals surface area (Å²) in [6.07, 6.45) is 3.06. The van der Waals surface area contributed by atoms with Gasteiger partial charge in [0, 0.05) is 24.5 Å². The maximum atomic E-state index is 10.2. The van der Waals surface area contributed by atoms with Gasteiger partial charge in [-0.05, 0) is 6.07 Å². The van der Waals surface area contributed by atoms with Gasteiger partial charge in [0.2, 0.25) is 0 Å². The Balaban J connectivity index is 0.000000132. The highest BCUT2D eigenvalue weighted by Crippen LogP contribution is 1.60. The molecule has 0 aliphatic rings. The van der Waals surface area contributed by atoms with Crippen LogP contribution in [0.4, 0.5) is 0 Å². The van der Waals surface area contributed by atoms with Crippen molar-refractivity contribution in [2.75, 3.05) is 0 Å². The number of H-pyrrole nitrogens is 3. The average molecular weight is 180 g/mol. The van der Waals surface area contributed by atoms with E-state index < -0.39 is 0 Å². The van der Waals surface area contributed by atoms with E-state index in [9.17, 15) is 9.59 Å². The molecule has 0 aromatic carbocycles. The van der Waals surface area contributed by atoms with Crippen LogP contribution in [0.1, 0.15) is 0 Å². The van der Waals surface area contributed by atoms with Crippen molar-refractivity contribution in [3.05, 3.63) is 51.3 Å². The van der Waals surface area contributed by atoms with E-state index in [0.29, 0.717) is 0 Å². The van der Waals surface area contributed by atoms with Gasteiger partial charge in [-0.15, -0.1) is 0 Å². The summed E-state index contributed by atoms with van der Waals surface area (Å²) >= 11 is 0. The van der Waals surface area contributed by atoms with Crippen LogP contribution in [0.3, 0.4) is 0 Å². The summed E-state index contributed by atoms with van der Waals surface area (Å²) in [6, 6.07) is 4.41. The summed E-state index contributed by atoms with van der Waals surface area (Å²) in [5, 5.41) is 10.5. The summed E-state index contributed by atoms with van der Waals surface area (Å²) in [6.45, 7) is 0. The minimum Gasteiger partial charge on any atom is -0.305 e. The third-order valence-electron chi connectivity index (χ3n) is 1.10. The van der Waals surface area contributed by atoms with Crippen LogP contribution < -0.4 is 11.1 Å². The van der Waals surface area contributed by atoms with Crippen molar-refractivity contribution in [1.82, 2.24) is 20.4 Å². The van der Waals surface area contributed by atoms with Crippen LogP contribution in [0.2, 0.25) is 0 Å². The second-order valence-corrected chi connectivity index (χ2v) is 2.08. The molecule has 2 aromatic rings. The van der Waals surface area contributed by atoms with Crippen LogP contribution in [0, 0.1) is 0 Å². The van der Waals surface area contributed by atoms with Crippen LogP contribution >= 0.6 is 0 Å². The molecule has 0 spiro atoms. The Labute approximate surface area is 72.6 Å². The molecule has 0 bridgehead atoms. The quantitative estimate of drug-likeness (QED) is 0.508. The first-order chi connectivity index (χ1) is 6.29. The highest BCUT2D eigenvalue weighted by Gasteiger charge is 1.71. The van der Waals surface area contributed by atoms with Crippen molar-refractivity contribution in [1.29, 1.82) is 0 Å². The number of hydrogen-bond donors (Lipinski definition) is 3. The summed E-state index contributed by atoms with van der Waals surface area (Å²) in [4.78, 5) is 20.1. The molecule has 0 radical (unpaired) electrons. The zero-order chi connectivity index (χ0) is 9.52. The minimum absolute atomic E-state index is 0.0880. The Kier molecular flexibility index (Phi) is 3.25. The third-order valence-corrected chi connectivity index (χ3v) is 1.10. The molecule has 0 aliphatic carbocycles. The topological polar surface area (TPSA) is 94.4 Å². The third kappa shape index (κ3) is 3.71. The maximum Gasteiger partial charge on any atom is 0.264 e. The lowest BCUT2D eigenvalue weighted by Gasteiger charge is -1.72. The van der Waals surface area contributed by atoms with Crippen molar-refractivity contribution in [3.63, 3.8) is 0 Å². The molecule has 0 fully saturated rings. The van der Waals surface area contributed by atoms with Gasteiger partial charge in [-0.3, -0.25) is 14.7 Å². The van der Waals surface area contributed by atoms with Gasteiger partial charge in [0.25, 0.3) is 11.1 Å². The van der Waals surface area contributed by atoms with E-state index in [1.54, 1.807) is 12.3 Å². The van der Waals surface area contributed by atoms with Crippen molar-refractivity contribution >= 4 is 0 Å². The van der Waals surface area contributed by atoms with Gasteiger partial charge < -0.3 is 5.10 Å². The zero-order valence-corrected chi connectivity index (χ0v) is 6.65. The number of nitrogens with zero attached hydrogens (tertiary/aromatic N) is 1. The fraction of sp³-hybridized carbons (Fsp3) is 0. The van der Waals surface area contributed by atoms with Crippen LogP contribution in [0.15, 0.2) is 40.2 Å². The van der Waals surface area contributed by atoms with E-state index in [0.717, 1.165) is 0 Å². The number of nitrogens with one attached hydrogen (secondary N) is 3. The normalized spacial score (nSPS) is 8.62. The van der Waals surface area contributed by atoms with Gasteiger partial charge in [0.15, 0.2) is 0 Å². The summed E-state index contributed by atoms with van der Waals surface area (Å²) in [5.41, 5.74) is -0.252. The Morgan fingerprint density at radius 3 is 2.23 bits per heavy atom. The van der Waals surface area contributed by atoms with Crippen LogP contribution in [0.5, 0.6) is 0 Å². The van der Waals surface area contributed by atoms with Crippen molar-refractivity contribution in [3.8, 4) is 0 Å². The van der Waals surface area contributed by atoms with Gasteiger partial charge in [-0.1, -0.05) is 0 Å². The van der Waals surface area contributed by atoms with Crippen molar-refractivity contribution in [2.24, 2.45) is 0 Å². The second-order valence-electron chi connectivity index (χ2n) is 2.08. The van der Waals surface area contributed by atoms with Gasteiger partial charge in [0.1, 0.15) is 0 Å². The molecular weight excluding hydrogens is 172 g/mol. The van der Waals surface area contributed by atoms with Crippen LogP contribution in [-0.2, 0) is 0 Å². The molecule has 0 amide bonds. The number of aromatic amines is 3. The Bertz CT molecular complexity index is 408. The molecule has 13 heavy (non-hydrogen) atoms. The molecule has 0 saturated heterocycles. The predicted octanol–water partition coefficient (Wildman–Crippen LogP) is -0.527.